The van der Waals surface area contributed by atoms with Gasteiger partial charge in [-0.15, -0.1) is 11.3 Å². The Bertz CT molecular complexity index is 1250. The molecule has 12 heteroatoms. The highest BCUT2D eigenvalue weighted by molar-refractivity contribution is 9.11. The van der Waals surface area contributed by atoms with Crippen molar-refractivity contribution in [2.45, 2.75) is 13.3 Å². The number of thiophene rings is 1. The van der Waals surface area contributed by atoms with Crippen LogP contribution in [0, 0.1) is 6.92 Å². The Morgan fingerprint density at radius 3 is 2.88 bits per heavy atom. The lowest BCUT2D eigenvalue weighted by atomic mass is 10.1. The minimum Gasteiger partial charge on any atom is -0.449 e. The number of fused-ring (bicyclic) bond motifs is 1. The van der Waals surface area contributed by atoms with Gasteiger partial charge in [0.05, 0.1) is 28.0 Å². The van der Waals surface area contributed by atoms with Gasteiger partial charge in [0.2, 0.25) is 5.95 Å². The number of nitrogens with one attached hydrogen (secondary N) is 3. The van der Waals surface area contributed by atoms with E-state index >= 15 is 0 Å². The van der Waals surface area contributed by atoms with Gasteiger partial charge in [0.1, 0.15) is 9.90 Å². The van der Waals surface area contributed by atoms with E-state index in [0.29, 0.717) is 40.4 Å². The maximum Gasteiger partial charge on any atom is 0.414 e. The first-order valence-corrected chi connectivity index (χ1v) is 11.9. The number of hydrogen-bond acceptors (Lipinski definition) is 8. The molecule has 3 heterocycles. The number of benzene rings is 1. The number of amides is 2. The molecule has 0 bridgehead atoms. The van der Waals surface area contributed by atoms with Crippen LogP contribution >= 0.6 is 38.9 Å². The van der Waals surface area contributed by atoms with Gasteiger partial charge < -0.3 is 20.7 Å². The van der Waals surface area contributed by atoms with Gasteiger partial charge >= 0.3 is 6.09 Å². The molecule has 3 aromatic rings. The van der Waals surface area contributed by atoms with Crippen LogP contribution in [0.1, 0.15) is 20.8 Å². The molecule has 2 amide bonds. The number of halogens is 2. The summed E-state index contributed by atoms with van der Waals surface area (Å²) in [5, 5.41) is 9.30. The molecule has 172 valence electrons. The molecule has 3 N–H and O–H groups in total. The molecule has 4 rings (SSSR count). The summed E-state index contributed by atoms with van der Waals surface area (Å²) in [5.41, 5.74) is 4.01. The van der Waals surface area contributed by atoms with Gasteiger partial charge in [-0.25, -0.2) is 9.78 Å². The van der Waals surface area contributed by atoms with Crippen LogP contribution in [-0.2, 0) is 11.2 Å². The van der Waals surface area contributed by atoms with E-state index in [-0.39, 0.29) is 12.0 Å². The highest BCUT2D eigenvalue weighted by Gasteiger charge is 2.22. The molecular formula is C21H20BrClN6O3S. The maximum absolute atomic E-state index is 12.3. The molecule has 1 aromatic carbocycles. The number of carbonyl (C=O) groups excluding carboxylic acids is 2. The molecule has 0 aliphatic carbocycles. The average Bonchev–Trinajstić information content (AvgIpc) is 3.00. The second-order valence-corrected chi connectivity index (χ2v) is 9.94. The van der Waals surface area contributed by atoms with Crippen LogP contribution in [0.5, 0.6) is 0 Å². The monoisotopic (exact) mass is 550 g/mol. The van der Waals surface area contributed by atoms with E-state index in [1.54, 1.807) is 14.1 Å². The third-order valence-electron chi connectivity index (χ3n) is 5.08. The number of hydrogen-bond donors (Lipinski definition) is 3. The maximum atomic E-state index is 12.3. The molecule has 0 saturated carbocycles. The minimum atomic E-state index is -0.377. The standard InChI is InChI=1S/C21H20BrClN6O3S/c1-10-15(16(19(30)24-2)33-17(10)22)27-18-13(23)9-25-20(28-18)26-12-4-5-14-11(8-12)6-7-32-21(31)29(14)3/h4-5,8-9H,6-7H2,1-3H3,(H,24,30)(H2,25,26,27,28). The van der Waals surface area contributed by atoms with Crippen molar-refractivity contribution in [3.63, 3.8) is 0 Å². The number of rotatable bonds is 5. The summed E-state index contributed by atoms with van der Waals surface area (Å²) >= 11 is 11.1. The lowest BCUT2D eigenvalue weighted by molar-refractivity contribution is 0.0967. The smallest absolute Gasteiger partial charge is 0.414 e. The van der Waals surface area contributed by atoms with Gasteiger partial charge in [0.25, 0.3) is 5.91 Å². The van der Waals surface area contributed by atoms with Gasteiger partial charge in [-0.1, -0.05) is 11.6 Å². The highest BCUT2D eigenvalue weighted by Crippen LogP contribution is 2.39. The molecule has 33 heavy (non-hydrogen) atoms. The summed E-state index contributed by atoms with van der Waals surface area (Å²) in [6.07, 6.45) is 1.71. The minimum absolute atomic E-state index is 0.211. The van der Waals surface area contributed by atoms with Crippen LogP contribution in [0.2, 0.25) is 5.02 Å². The molecule has 2 aromatic heterocycles. The molecule has 0 fully saturated rings. The van der Waals surface area contributed by atoms with Gasteiger partial charge in [0, 0.05) is 26.2 Å². The predicted octanol–water partition coefficient (Wildman–Crippen LogP) is 5.24. The zero-order valence-corrected chi connectivity index (χ0v) is 21.1. The summed E-state index contributed by atoms with van der Waals surface area (Å²) in [6, 6.07) is 5.62. The van der Waals surface area contributed by atoms with Crippen molar-refractivity contribution in [2.75, 3.05) is 36.2 Å². The van der Waals surface area contributed by atoms with Crippen molar-refractivity contribution in [3.05, 3.63) is 49.2 Å². The van der Waals surface area contributed by atoms with Crippen LogP contribution < -0.4 is 20.9 Å². The first kappa shape index (κ1) is 23.3. The van der Waals surface area contributed by atoms with Crippen LogP contribution in [0.15, 0.2) is 28.2 Å². The lowest BCUT2D eigenvalue weighted by Gasteiger charge is -2.17. The Labute approximate surface area is 207 Å². The van der Waals surface area contributed by atoms with E-state index < -0.39 is 0 Å². The number of carbonyl (C=O) groups is 2. The SMILES string of the molecule is CNC(=O)c1sc(Br)c(C)c1Nc1nc(Nc2ccc3c(c2)CCOC(=O)N3C)ncc1Cl. The molecule has 0 saturated heterocycles. The summed E-state index contributed by atoms with van der Waals surface area (Å²) in [7, 11) is 3.26. The van der Waals surface area contributed by atoms with E-state index in [4.69, 9.17) is 16.3 Å². The predicted molar refractivity (Wildman–Crippen MR) is 134 cm³/mol. The Morgan fingerprint density at radius 1 is 1.33 bits per heavy atom. The van der Waals surface area contributed by atoms with Crippen LogP contribution in [0.3, 0.4) is 0 Å². The molecule has 0 atom stereocenters. The zero-order chi connectivity index (χ0) is 23.7. The Balaban J connectivity index is 1.61. The molecule has 0 spiro atoms. The first-order chi connectivity index (χ1) is 15.8. The van der Waals surface area contributed by atoms with Gasteiger partial charge in [-0.3, -0.25) is 9.69 Å². The number of anilines is 5. The molecule has 0 radical (unpaired) electrons. The van der Waals surface area contributed by atoms with Crippen LogP contribution in [-0.4, -0.2) is 42.7 Å². The molecule has 1 aliphatic heterocycles. The van der Waals surface area contributed by atoms with E-state index in [9.17, 15) is 9.59 Å². The Morgan fingerprint density at radius 2 is 2.12 bits per heavy atom. The van der Waals surface area contributed by atoms with Crippen molar-refractivity contribution in [3.8, 4) is 0 Å². The van der Waals surface area contributed by atoms with Crippen molar-refractivity contribution in [1.29, 1.82) is 0 Å². The van der Waals surface area contributed by atoms with Gasteiger partial charge in [-0.2, -0.15) is 4.98 Å². The van der Waals surface area contributed by atoms with Gasteiger partial charge in [-0.05, 0) is 52.2 Å². The van der Waals surface area contributed by atoms with E-state index in [2.05, 4.69) is 41.8 Å². The molecular weight excluding hydrogens is 532 g/mol. The Kier molecular flexibility index (Phi) is 6.73. The summed E-state index contributed by atoms with van der Waals surface area (Å²) in [4.78, 5) is 35.0. The second-order valence-electron chi connectivity index (χ2n) is 7.19. The number of nitrogens with zero attached hydrogens (tertiary/aromatic N) is 3. The molecule has 9 nitrogen and oxygen atoms in total. The highest BCUT2D eigenvalue weighted by atomic mass is 79.9. The summed E-state index contributed by atoms with van der Waals surface area (Å²) < 4.78 is 6.01. The van der Waals surface area contributed by atoms with Gasteiger partial charge in [0.15, 0.2) is 5.82 Å². The third kappa shape index (κ3) is 4.75. The fraction of sp³-hybridized carbons (Fsp3) is 0.238. The van der Waals surface area contributed by atoms with Crippen molar-refractivity contribution in [1.82, 2.24) is 15.3 Å². The largest absolute Gasteiger partial charge is 0.449 e. The van der Waals surface area contributed by atoms with Crippen molar-refractivity contribution in [2.24, 2.45) is 0 Å². The molecule has 1 aliphatic rings. The fourth-order valence-corrected chi connectivity index (χ4v) is 5.06. The van der Waals surface area contributed by atoms with E-state index in [0.717, 1.165) is 26.3 Å². The fourth-order valence-electron chi connectivity index (χ4n) is 3.31. The third-order valence-corrected chi connectivity index (χ3v) is 7.51. The topological polar surface area (TPSA) is 108 Å². The number of aromatic nitrogens is 2. The number of ether oxygens (including phenoxy) is 1. The quantitative estimate of drug-likeness (QED) is 0.398. The van der Waals surface area contributed by atoms with Crippen LogP contribution in [0.25, 0.3) is 0 Å². The normalized spacial score (nSPS) is 13.1. The zero-order valence-electron chi connectivity index (χ0n) is 18.0. The van der Waals surface area contributed by atoms with E-state index in [1.807, 2.05) is 25.1 Å². The molecule has 0 unspecified atom stereocenters. The summed E-state index contributed by atoms with van der Waals surface area (Å²) in [6.45, 7) is 2.21. The Hall–Kier alpha value is -2.89. The van der Waals surface area contributed by atoms with Crippen molar-refractivity contribution >= 4 is 79.7 Å². The average molecular weight is 552 g/mol. The first-order valence-electron chi connectivity index (χ1n) is 9.89. The van der Waals surface area contributed by atoms with Crippen molar-refractivity contribution < 1.29 is 14.3 Å². The summed E-state index contributed by atoms with van der Waals surface area (Å²) in [5.74, 6) is 0.475. The number of cyclic esters (lactones) is 1. The van der Waals surface area contributed by atoms with E-state index in [1.165, 1.54) is 22.4 Å². The second kappa shape index (κ2) is 9.54. The lowest BCUT2D eigenvalue weighted by Crippen LogP contribution is -2.25. The van der Waals surface area contributed by atoms with Crippen LogP contribution in [0.4, 0.5) is 33.6 Å².